The van der Waals surface area contributed by atoms with Gasteiger partial charge < -0.3 is 19.9 Å². The molecule has 0 aliphatic carbocycles. The van der Waals surface area contributed by atoms with Gasteiger partial charge in [0.25, 0.3) is 0 Å². The van der Waals surface area contributed by atoms with Gasteiger partial charge in [-0.05, 0) is 24.1 Å². The van der Waals surface area contributed by atoms with Crippen LogP contribution >= 0.6 is 0 Å². The summed E-state index contributed by atoms with van der Waals surface area (Å²) >= 11 is 0. The fourth-order valence-electron chi connectivity index (χ4n) is 4.82. The van der Waals surface area contributed by atoms with E-state index in [1.807, 2.05) is 6.07 Å². The molecule has 1 atom stereocenters. The summed E-state index contributed by atoms with van der Waals surface area (Å²) in [4.78, 5) is 5.10. The molecule has 0 amide bonds. The van der Waals surface area contributed by atoms with Crippen molar-refractivity contribution in [3.63, 3.8) is 0 Å². The van der Waals surface area contributed by atoms with E-state index in [9.17, 15) is 0 Å². The minimum atomic E-state index is 0.401. The van der Waals surface area contributed by atoms with Crippen LogP contribution in [0.1, 0.15) is 18.4 Å². The van der Waals surface area contributed by atoms with E-state index in [0.29, 0.717) is 6.10 Å². The maximum atomic E-state index is 6.09. The zero-order chi connectivity index (χ0) is 17.3. The van der Waals surface area contributed by atoms with Crippen LogP contribution in [0.3, 0.4) is 0 Å². The normalized spacial score (nSPS) is 26.1. The fourth-order valence-corrected chi connectivity index (χ4v) is 4.82. The van der Waals surface area contributed by atoms with E-state index in [0.717, 1.165) is 51.4 Å². The van der Waals surface area contributed by atoms with Gasteiger partial charge in [-0.1, -0.05) is 6.07 Å². The lowest BCUT2D eigenvalue weighted by atomic mass is 10.1. The van der Waals surface area contributed by atoms with Crippen molar-refractivity contribution in [3.8, 4) is 0 Å². The highest BCUT2D eigenvalue weighted by molar-refractivity contribution is 5.64. The molecule has 0 saturated carbocycles. The monoisotopic (exact) mass is 345 g/mol. The minimum Gasteiger partial charge on any atom is -0.399 e. The van der Waals surface area contributed by atoms with Crippen molar-refractivity contribution >= 4 is 11.4 Å². The smallest absolute Gasteiger partial charge is 0.119 e. The first kappa shape index (κ1) is 17.1. The van der Waals surface area contributed by atoms with Crippen molar-refractivity contribution in [3.05, 3.63) is 23.8 Å². The topological polar surface area (TPSA) is 41.7 Å². The third-order valence-electron chi connectivity index (χ3n) is 6.30. The number of quaternary nitrogens is 1. The Bertz CT molecular complexity index is 599. The van der Waals surface area contributed by atoms with Crippen LogP contribution in [-0.2, 0) is 11.2 Å². The first-order valence-electron chi connectivity index (χ1n) is 9.92. The molecule has 1 aromatic carbocycles. The number of rotatable bonds is 5. The van der Waals surface area contributed by atoms with Gasteiger partial charge in [-0.15, -0.1) is 0 Å². The third-order valence-corrected chi connectivity index (χ3v) is 6.30. The fraction of sp³-hybridized carbons (Fsp3) is 0.700. The van der Waals surface area contributed by atoms with Crippen LogP contribution in [0.4, 0.5) is 11.4 Å². The molecule has 138 valence electrons. The summed E-state index contributed by atoms with van der Waals surface area (Å²) in [5.74, 6) is 0. The Kier molecular flexibility index (Phi) is 4.89. The summed E-state index contributed by atoms with van der Waals surface area (Å²) in [5.41, 5.74) is 9.65. The molecule has 0 spiro atoms. The van der Waals surface area contributed by atoms with Gasteiger partial charge in [0.15, 0.2) is 0 Å². The highest BCUT2D eigenvalue weighted by atomic mass is 16.5. The van der Waals surface area contributed by atoms with Crippen LogP contribution in [0.2, 0.25) is 0 Å². The molecular weight excluding hydrogens is 312 g/mol. The molecule has 1 unspecified atom stereocenters. The SMILES string of the molecule is C[N+]1(CC2CN(CCN3CCc4ccc(N)cc43)CCO2)CCCC1. The predicted molar refractivity (Wildman–Crippen MR) is 103 cm³/mol. The second kappa shape index (κ2) is 7.14. The van der Waals surface area contributed by atoms with Crippen molar-refractivity contribution in [1.29, 1.82) is 0 Å². The number of likely N-dealkylation sites (tertiary alicyclic amines) is 1. The summed E-state index contributed by atoms with van der Waals surface area (Å²) < 4.78 is 7.30. The van der Waals surface area contributed by atoms with Crippen molar-refractivity contribution < 1.29 is 9.22 Å². The number of benzene rings is 1. The van der Waals surface area contributed by atoms with Gasteiger partial charge in [0.05, 0.1) is 26.7 Å². The van der Waals surface area contributed by atoms with Crippen molar-refractivity contribution in [2.24, 2.45) is 0 Å². The van der Waals surface area contributed by atoms with E-state index in [1.54, 1.807) is 0 Å². The maximum Gasteiger partial charge on any atom is 0.119 e. The van der Waals surface area contributed by atoms with Crippen LogP contribution in [0.15, 0.2) is 18.2 Å². The molecule has 5 nitrogen and oxygen atoms in total. The number of nitrogens with zero attached hydrogens (tertiary/aromatic N) is 3. The lowest BCUT2D eigenvalue weighted by molar-refractivity contribution is -0.900. The number of hydrogen-bond acceptors (Lipinski definition) is 4. The molecule has 2 fully saturated rings. The lowest BCUT2D eigenvalue weighted by Gasteiger charge is -2.38. The molecular formula is C20H33N4O+. The molecule has 3 aliphatic heterocycles. The van der Waals surface area contributed by atoms with Gasteiger partial charge in [-0.3, -0.25) is 4.90 Å². The molecule has 0 aromatic heterocycles. The highest BCUT2D eigenvalue weighted by Crippen LogP contribution is 2.29. The van der Waals surface area contributed by atoms with Crippen LogP contribution in [-0.4, -0.2) is 81.5 Å². The molecule has 0 radical (unpaired) electrons. The number of ether oxygens (including phenoxy) is 1. The zero-order valence-electron chi connectivity index (χ0n) is 15.6. The molecule has 4 rings (SSSR count). The van der Waals surface area contributed by atoms with Gasteiger partial charge in [-0.2, -0.15) is 0 Å². The van der Waals surface area contributed by atoms with Crippen LogP contribution in [0, 0.1) is 0 Å². The lowest BCUT2D eigenvalue weighted by Crippen LogP contribution is -2.54. The Hall–Kier alpha value is -1.30. The molecule has 25 heavy (non-hydrogen) atoms. The second-order valence-electron chi connectivity index (χ2n) is 8.38. The molecule has 0 bridgehead atoms. The number of nitrogen functional groups attached to an aromatic ring is 1. The van der Waals surface area contributed by atoms with Crippen LogP contribution in [0.5, 0.6) is 0 Å². The van der Waals surface area contributed by atoms with Gasteiger partial charge in [-0.25, -0.2) is 0 Å². The number of likely N-dealkylation sites (N-methyl/N-ethyl adjacent to an activating group) is 1. The Morgan fingerprint density at radius 3 is 2.88 bits per heavy atom. The Morgan fingerprint density at radius 2 is 2.04 bits per heavy atom. The molecule has 2 saturated heterocycles. The Labute approximate surface area is 151 Å². The summed E-state index contributed by atoms with van der Waals surface area (Å²) in [6.07, 6.45) is 4.31. The Balaban J connectivity index is 1.29. The highest BCUT2D eigenvalue weighted by Gasteiger charge is 2.33. The summed E-state index contributed by atoms with van der Waals surface area (Å²) in [6.45, 7) is 10.2. The van der Waals surface area contributed by atoms with E-state index in [-0.39, 0.29) is 0 Å². The number of nitrogens with two attached hydrogens (primary N) is 1. The largest absolute Gasteiger partial charge is 0.399 e. The van der Waals surface area contributed by atoms with E-state index < -0.39 is 0 Å². The average Bonchev–Trinajstić information content (AvgIpc) is 3.19. The first-order chi connectivity index (χ1) is 12.1. The van der Waals surface area contributed by atoms with Gasteiger partial charge in [0.2, 0.25) is 0 Å². The predicted octanol–water partition coefficient (Wildman–Crippen LogP) is 1.57. The van der Waals surface area contributed by atoms with E-state index in [1.165, 1.54) is 48.2 Å². The molecule has 5 heteroatoms. The number of hydrogen-bond donors (Lipinski definition) is 1. The zero-order valence-corrected chi connectivity index (χ0v) is 15.6. The molecule has 3 heterocycles. The summed E-state index contributed by atoms with van der Waals surface area (Å²) in [6, 6.07) is 6.36. The Morgan fingerprint density at radius 1 is 1.20 bits per heavy atom. The minimum absolute atomic E-state index is 0.401. The van der Waals surface area contributed by atoms with E-state index >= 15 is 0 Å². The van der Waals surface area contributed by atoms with Crippen molar-refractivity contribution in [2.75, 3.05) is 76.6 Å². The molecule has 3 aliphatic rings. The second-order valence-corrected chi connectivity index (χ2v) is 8.38. The average molecular weight is 346 g/mol. The van der Waals surface area contributed by atoms with Gasteiger partial charge in [0, 0.05) is 56.9 Å². The van der Waals surface area contributed by atoms with Crippen molar-refractivity contribution in [1.82, 2.24) is 4.90 Å². The third kappa shape index (κ3) is 3.94. The van der Waals surface area contributed by atoms with E-state index in [4.69, 9.17) is 10.5 Å². The standard InChI is InChI=1S/C20H33N4O/c1-24(11-2-3-12-24)16-19-15-22(10-13-25-19)8-9-23-7-6-17-4-5-18(21)14-20(17)23/h4-5,14,19H,2-3,6-13,15-16,21H2,1H3/q+1. The molecule has 1 aromatic rings. The summed E-state index contributed by atoms with van der Waals surface area (Å²) in [7, 11) is 2.40. The van der Waals surface area contributed by atoms with Crippen molar-refractivity contribution in [2.45, 2.75) is 25.4 Å². The van der Waals surface area contributed by atoms with Crippen LogP contribution in [0.25, 0.3) is 0 Å². The summed E-state index contributed by atoms with van der Waals surface area (Å²) in [5, 5.41) is 0. The number of fused-ring (bicyclic) bond motifs is 1. The van der Waals surface area contributed by atoms with Crippen LogP contribution < -0.4 is 10.6 Å². The number of morpholine rings is 1. The van der Waals surface area contributed by atoms with Gasteiger partial charge in [0.1, 0.15) is 12.6 Å². The number of anilines is 2. The van der Waals surface area contributed by atoms with E-state index in [2.05, 4.69) is 29.0 Å². The quantitative estimate of drug-likeness (QED) is 0.650. The van der Waals surface area contributed by atoms with Gasteiger partial charge >= 0.3 is 0 Å². The maximum absolute atomic E-state index is 6.09. The first-order valence-corrected chi connectivity index (χ1v) is 9.92. The molecule has 2 N–H and O–H groups in total.